The van der Waals surface area contributed by atoms with Crippen molar-refractivity contribution in [1.82, 2.24) is 9.80 Å². The fraction of sp³-hybridized carbons (Fsp3) is 0.857. The minimum atomic E-state index is 0. The van der Waals surface area contributed by atoms with E-state index in [9.17, 15) is 0 Å². The van der Waals surface area contributed by atoms with Crippen LogP contribution in [-0.2, 0) is 0 Å². The molecule has 0 N–H and O–H groups in total. The van der Waals surface area contributed by atoms with Gasteiger partial charge < -0.3 is 17.0 Å². The first-order valence-electron chi connectivity index (χ1n) is 3.35. The maximum atomic E-state index is 2.08. The first-order chi connectivity index (χ1) is 4.46. The Hall–Kier alpha value is -0.250. The van der Waals surface area contributed by atoms with Gasteiger partial charge in [0.15, 0.2) is 0 Å². The predicted molar refractivity (Wildman–Crippen MR) is 44.5 cm³/mol. The Kier molecular flexibility index (Phi) is 6.56. The normalized spacial score (nSPS) is 8.18. The molecule has 0 aliphatic heterocycles. The molecule has 0 aliphatic carbocycles. The molecular formula is C7H18BrN3. The lowest BCUT2D eigenvalue weighted by Gasteiger charge is -2.16. The summed E-state index contributed by atoms with van der Waals surface area (Å²) in [4.78, 5) is 4.17. The monoisotopic (exact) mass is 223 g/mol. The average Bonchev–Trinajstić information content (AvgIpc) is 1.59. The van der Waals surface area contributed by atoms with Crippen LogP contribution in [0.3, 0.4) is 0 Å². The van der Waals surface area contributed by atoms with Crippen molar-refractivity contribution in [2.45, 2.75) is 0 Å². The molecule has 0 rings (SSSR count). The molecule has 0 radical (unpaired) electrons. The van der Waals surface area contributed by atoms with E-state index in [1.54, 1.807) is 0 Å². The molecule has 3 nitrogen and oxygen atoms in total. The van der Waals surface area contributed by atoms with Gasteiger partial charge in [-0.25, -0.2) is 0 Å². The van der Waals surface area contributed by atoms with Gasteiger partial charge in [0.1, 0.15) is 0 Å². The lowest BCUT2D eigenvalue weighted by Crippen LogP contribution is -3.00. The Labute approximate surface area is 80.1 Å². The van der Waals surface area contributed by atoms with E-state index in [2.05, 4.69) is 14.4 Å². The second-order valence-corrected chi connectivity index (χ2v) is 2.98. The fourth-order valence-corrected chi connectivity index (χ4v) is 1.20. The number of hydrogen-bond acceptors (Lipinski definition) is 0. The zero-order chi connectivity index (χ0) is 8.31. The number of hydrogen-bond donors (Lipinski definition) is 0. The van der Waals surface area contributed by atoms with Gasteiger partial charge in [0.25, 0.3) is 0 Å². The van der Waals surface area contributed by atoms with Crippen molar-refractivity contribution in [1.29, 1.82) is 0 Å². The van der Waals surface area contributed by atoms with Gasteiger partial charge in [0, 0.05) is 0 Å². The Balaban J connectivity index is 0. The van der Waals surface area contributed by atoms with E-state index < -0.39 is 0 Å². The number of guanidine groups is 1. The second kappa shape index (κ2) is 5.41. The number of nitrogens with zero attached hydrogens (tertiary/aromatic N) is 3. The third-order valence-electron chi connectivity index (χ3n) is 1.20. The summed E-state index contributed by atoms with van der Waals surface area (Å²) < 4.78 is 2.08. The molecule has 0 aromatic rings. The maximum absolute atomic E-state index is 2.08. The molecule has 68 valence electrons. The zero-order valence-corrected chi connectivity index (χ0v) is 9.81. The summed E-state index contributed by atoms with van der Waals surface area (Å²) >= 11 is 0. The molecular weight excluding hydrogens is 206 g/mol. The molecule has 0 amide bonds. The van der Waals surface area contributed by atoms with Gasteiger partial charge in [-0.1, -0.05) is 0 Å². The van der Waals surface area contributed by atoms with E-state index in [-0.39, 0.29) is 17.0 Å². The van der Waals surface area contributed by atoms with E-state index in [0.29, 0.717) is 0 Å². The van der Waals surface area contributed by atoms with Crippen LogP contribution in [0.2, 0.25) is 0 Å². The van der Waals surface area contributed by atoms with Gasteiger partial charge in [0.05, 0.1) is 42.3 Å². The minimum absolute atomic E-state index is 0. The van der Waals surface area contributed by atoms with Crippen molar-refractivity contribution in [3.63, 3.8) is 0 Å². The molecule has 0 spiro atoms. The lowest BCUT2D eigenvalue weighted by molar-refractivity contribution is -0.475. The first kappa shape index (κ1) is 13.3. The molecule has 0 aliphatic rings. The number of halogens is 1. The maximum Gasteiger partial charge on any atom is 0.349 e. The standard InChI is InChI=1S/C7H18N3.BrH/c1-8(2)7(9(3)4)10(5)6;/h1-6H3;1H/q+1;/p-1. The number of rotatable bonds is 0. The molecule has 0 aromatic carbocycles. The summed E-state index contributed by atoms with van der Waals surface area (Å²) in [7, 11) is 12.2. The summed E-state index contributed by atoms with van der Waals surface area (Å²) in [6.07, 6.45) is 0. The third kappa shape index (κ3) is 4.24. The molecule has 0 aromatic heterocycles. The largest absolute Gasteiger partial charge is 1.00 e. The molecule has 0 bridgehead atoms. The Morgan fingerprint density at radius 1 is 0.909 bits per heavy atom. The Morgan fingerprint density at radius 2 is 1.18 bits per heavy atom. The average molecular weight is 224 g/mol. The molecule has 0 saturated carbocycles. The molecule has 0 fully saturated rings. The summed E-state index contributed by atoms with van der Waals surface area (Å²) in [6, 6.07) is 0. The highest BCUT2D eigenvalue weighted by molar-refractivity contribution is 5.73. The lowest BCUT2D eigenvalue weighted by atomic mass is 10.7. The van der Waals surface area contributed by atoms with Crippen LogP contribution in [0.25, 0.3) is 0 Å². The van der Waals surface area contributed by atoms with Gasteiger partial charge in [-0.15, -0.1) is 0 Å². The minimum Gasteiger partial charge on any atom is -1.00 e. The quantitative estimate of drug-likeness (QED) is 0.243. The predicted octanol–water partition coefficient (Wildman–Crippen LogP) is -3.26. The van der Waals surface area contributed by atoms with Crippen molar-refractivity contribution in [2.24, 2.45) is 0 Å². The van der Waals surface area contributed by atoms with Crippen molar-refractivity contribution < 1.29 is 21.6 Å². The van der Waals surface area contributed by atoms with E-state index in [1.807, 2.05) is 42.3 Å². The molecule has 0 saturated heterocycles. The Bertz CT molecular complexity index is 127. The van der Waals surface area contributed by atoms with E-state index in [0.717, 1.165) is 0 Å². The van der Waals surface area contributed by atoms with Crippen LogP contribution in [0.4, 0.5) is 0 Å². The van der Waals surface area contributed by atoms with Crippen molar-refractivity contribution in [2.75, 3.05) is 42.3 Å². The van der Waals surface area contributed by atoms with E-state index >= 15 is 0 Å². The fourth-order valence-electron chi connectivity index (χ4n) is 1.20. The van der Waals surface area contributed by atoms with Crippen molar-refractivity contribution in [3.8, 4) is 0 Å². The first-order valence-corrected chi connectivity index (χ1v) is 3.35. The smallest absolute Gasteiger partial charge is 0.349 e. The van der Waals surface area contributed by atoms with Crippen LogP contribution in [-0.4, -0.2) is 62.6 Å². The molecule has 11 heavy (non-hydrogen) atoms. The summed E-state index contributed by atoms with van der Waals surface area (Å²) in [5.74, 6) is 1.19. The summed E-state index contributed by atoms with van der Waals surface area (Å²) in [6.45, 7) is 0. The topological polar surface area (TPSA) is 9.49 Å². The van der Waals surface area contributed by atoms with Crippen LogP contribution >= 0.6 is 0 Å². The van der Waals surface area contributed by atoms with Crippen LogP contribution in [0.1, 0.15) is 0 Å². The molecule has 0 atom stereocenters. The Morgan fingerprint density at radius 3 is 1.18 bits per heavy atom. The van der Waals surface area contributed by atoms with Gasteiger partial charge in [-0.05, 0) is 0 Å². The van der Waals surface area contributed by atoms with Crippen LogP contribution in [0.5, 0.6) is 0 Å². The highest BCUT2D eigenvalue weighted by Crippen LogP contribution is 1.84. The van der Waals surface area contributed by atoms with Crippen LogP contribution in [0.15, 0.2) is 0 Å². The highest BCUT2D eigenvalue weighted by Gasteiger charge is 2.12. The van der Waals surface area contributed by atoms with Crippen molar-refractivity contribution >= 4 is 5.96 Å². The van der Waals surface area contributed by atoms with E-state index in [4.69, 9.17) is 0 Å². The highest BCUT2D eigenvalue weighted by atomic mass is 79.9. The molecule has 4 heteroatoms. The SMILES string of the molecule is CN(C)C(N(C)C)=[N+](C)C.[Br-]. The summed E-state index contributed by atoms with van der Waals surface area (Å²) in [5, 5.41) is 0. The van der Waals surface area contributed by atoms with Gasteiger partial charge >= 0.3 is 5.96 Å². The van der Waals surface area contributed by atoms with Gasteiger partial charge in [0.2, 0.25) is 0 Å². The van der Waals surface area contributed by atoms with Gasteiger partial charge in [-0.3, -0.25) is 14.4 Å². The zero-order valence-electron chi connectivity index (χ0n) is 8.22. The second-order valence-electron chi connectivity index (χ2n) is 2.98. The van der Waals surface area contributed by atoms with Crippen LogP contribution in [0, 0.1) is 0 Å². The van der Waals surface area contributed by atoms with Gasteiger partial charge in [-0.2, -0.15) is 0 Å². The third-order valence-corrected chi connectivity index (χ3v) is 1.20. The summed E-state index contributed by atoms with van der Waals surface area (Å²) in [5.41, 5.74) is 0. The molecule has 0 unspecified atom stereocenters. The van der Waals surface area contributed by atoms with E-state index in [1.165, 1.54) is 5.96 Å². The molecule has 0 heterocycles. The van der Waals surface area contributed by atoms with Crippen molar-refractivity contribution in [3.05, 3.63) is 0 Å². The van der Waals surface area contributed by atoms with Crippen LogP contribution < -0.4 is 17.0 Å².